The van der Waals surface area contributed by atoms with Crippen LogP contribution in [0.5, 0.6) is 0 Å². The van der Waals surface area contributed by atoms with Crippen LogP contribution in [0.15, 0.2) is 17.5 Å². The Morgan fingerprint density at radius 1 is 1.31 bits per heavy atom. The Hall–Kier alpha value is 0.930. The van der Waals surface area contributed by atoms with Crippen molar-refractivity contribution >= 4 is 78.2 Å². The van der Waals surface area contributed by atoms with E-state index in [1.54, 1.807) is 11.3 Å². The van der Waals surface area contributed by atoms with Gasteiger partial charge < -0.3 is 0 Å². The average Bonchev–Trinajstić information content (AvgIpc) is 2.47. The Balaban J connectivity index is 2.82. The molecule has 1 heterocycles. The van der Waals surface area contributed by atoms with Crippen molar-refractivity contribution in [1.29, 1.82) is 0 Å². The molecule has 13 heavy (non-hydrogen) atoms. The summed E-state index contributed by atoms with van der Waals surface area (Å²) in [4.78, 5) is 0. The standard InChI is InChI=1S/C9H5ClI2S/c10-3-5-4-13-8-2-6(11)1-7(12)9(5)8/h1-2,4H,3H2. The van der Waals surface area contributed by atoms with E-state index in [0.717, 1.165) is 0 Å². The molecule has 0 unspecified atom stereocenters. The lowest BCUT2D eigenvalue weighted by atomic mass is 10.2. The smallest absolute Gasteiger partial charge is 0.0488 e. The number of benzene rings is 1. The van der Waals surface area contributed by atoms with Gasteiger partial charge in [-0.05, 0) is 68.3 Å². The predicted molar refractivity (Wildman–Crippen MR) is 76.8 cm³/mol. The maximum atomic E-state index is 5.86. The first kappa shape index (κ1) is 10.4. The molecule has 4 heteroatoms. The van der Waals surface area contributed by atoms with Gasteiger partial charge in [0.15, 0.2) is 0 Å². The molecule has 0 aliphatic carbocycles. The van der Waals surface area contributed by atoms with Gasteiger partial charge in [0.05, 0.1) is 0 Å². The zero-order valence-corrected chi connectivity index (χ0v) is 12.4. The minimum Gasteiger partial charge on any atom is -0.143 e. The fourth-order valence-electron chi connectivity index (χ4n) is 1.25. The number of fused-ring (bicyclic) bond motifs is 1. The van der Waals surface area contributed by atoms with Gasteiger partial charge in [-0.2, -0.15) is 0 Å². The molecule has 0 N–H and O–H groups in total. The van der Waals surface area contributed by atoms with Crippen LogP contribution < -0.4 is 0 Å². The molecule has 0 nitrogen and oxygen atoms in total. The number of rotatable bonds is 1. The van der Waals surface area contributed by atoms with E-state index in [0.29, 0.717) is 5.88 Å². The van der Waals surface area contributed by atoms with Crippen molar-refractivity contribution in [2.75, 3.05) is 0 Å². The molecule has 0 spiro atoms. The van der Waals surface area contributed by atoms with Crippen LogP contribution in [-0.2, 0) is 5.88 Å². The fourth-order valence-corrected chi connectivity index (χ4v) is 5.16. The highest BCUT2D eigenvalue weighted by Crippen LogP contribution is 2.32. The molecular weight excluding hydrogens is 429 g/mol. The first-order valence-corrected chi connectivity index (χ1v) is 7.20. The summed E-state index contributed by atoms with van der Waals surface area (Å²) in [6, 6.07) is 4.39. The summed E-state index contributed by atoms with van der Waals surface area (Å²) >= 11 is 12.3. The Morgan fingerprint density at radius 2 is 2.08 bits per heavy atom. The second-order valence-electron chi connectivity index (χ2n) is 2.66. The van der Waals surface area contributed by atoms with Crippen molar-refractivity contribution in [3.05, 3.63) is 30.2 Å². The lowest BCUT2D eigenvalue weighted by molar-refractivity contribution is 1.49. The molecule has 0 aliphatic heterocycles. The second kappa shape index (κ2) is 4.20. The first-order chi connectivity index (χ1) is 6.22. The molecule has 0 aliphatic rings. The van der Waals surface area contributed by atoms with Crippen LogP contribution in [0.2, 0.25) is 0 Å². The van der Waals surface area contributed by atoms with Crippen LogP contribution in [0.4, 0.5) is 0 Å². The SMILES string of the molecule is ClCc1csc2cc(I)cc(I)c12. The summed E-state index contributed by atoms with van der Waals surface area (Å²) in [6.45, 7) is 0. The minimum atomic E-state index is 0.608. The molecule has 0 atom stereocenters. The Labute approximate surface area is 113 Å². The second-order valence-corrected chi connectivity index (χ2v) is 6.24. The average molecular weight is 434 g/mol. The van der Waals surface area contributed by atoms with E-state index in [9.17, 15) is 0 Å². The zero-order chi connectivity index (χ0) is 9.42. The normalized spacial score (nSPS) is 11.0. The van der Waals surface area contributed by atoms with Crippen molar-refractivity contribution in [3.63, 3.8) is 0 Å². The molecule has 68 valence electrons. The highest BCUT2D eigenvalue weighted by Gasteiger charge is 2.07. The number of hydrogen-bond donors (Lipinski definition) is 0. The van der Waals surface area contributed by atoms with E-state index in [2.05, 4.69) is 62.7 Å². The van der Waals surface area contributed by atoms with Gasteiger partial charge in [-0.3, -0.25) is 0 Å². The van der Waals surface area contributed by atoms with Crippen molar-refractivity contribution in [3.8, 4) is 0 Å². The third-order valence-electron chi connectivity index (χ3n) is 1.81. The van der Waals surface area contributed by atoms with Gasteiger partial charge in [-0.25, -0.2) is 0 Å². The quantitative estimate of drug-likeness (QED) is 0.445. The molecule has 0 bridgehead atoms. The molecule has 2 aromatic rings. The molecule has 0 amide bonds. The fraction of sp³-hybridized carbons (Fsp3) is 0.111. The van der Waals surface area contributed by atoms with Crippen molar-refractivity contribution in [2.24, 2.45) is 0 Å². The van der Waals surface area contributed by atoms with E-state index >= 15 is 0 Å². The molecule has 0 saturated carbocycles. The molecule has 1 aromatic carbocycles. The number of halogens is 3. The highest BCUT2D eigenvalue weighted by molar-refractivity contribution is 14.1. The van der Waals surface area contributed by atoms with Crippen LogP contribution in [0.25, 0.3) is 10.1 Å². The molecule has 0 fully saturated rings. The Kier molecular flexibility index (Phi) is 3.38. The Bertz CT molecular complexity index is 450. The summed E-state index contributed by atoms with van der Waals surface area (Å²) in [5, 5.41) is 3.48. The maximum Gasteiger partial charge on any atom is 0.0488 e. The first-order valence-electron chi connectivity index (χ1n) is 3.63. The maximum absolute atomic E-state index is 5.86. The van der Waals surface area contributed by atoms with Crippen LogP contribution in [0, 0.1) is 7.14 Å². The lowest BCUT2D eigenvalue weighted by Crippen LogP contribution is -1.80. The van der Waals surface area contributed by atoms with Gasteiger partial charge >= 0.3 is 0 Å². The third-order valence-corrected chi connectivity index (χ3v) is 4.55. The van der Waals surface area contributed by atoms with E-state index in [4.69, 9.17) is 11.6 Å². The summed E-state index contributed by atoms with van der Waals surface area (Å²) in [5.74, 6) is 0.608. The number of alkyl halides is 1. The van der Waals surface area contributed by atoms with Gasteiger partial charge in [0.1, 0.15) is 0 Å². The highest BCUT2D eigenvalue weighted by atomic mass is 127. The van der Waals surface area contributed by atoms with E-state index < -0.39 is 0 Å². The van der Waals surface area contributed by atoms with Crippen LogP contribution >= 0.6 is 68.1 Å². The van der Waals surface area contributed by atoms with E-state index in [-0.39, 0.29) is 0 Å². The van der Waals surface area contributed by atoms with Crippen LogP contribution in [0.3, 0.4) is 0 Å². The van der Waals surface area contributed by atoms with Gasteiger partial charge in [0.25, 0.3) is 0 Å². The van der Waals surface area contributed by atoms with Gasteiger partial charge in [-0.1, -0.05) is 0 Å². The van der Waals surface area contributed by atoms with Crippen LogP contribution in [-0.4, -0.2) is 0 Å². The van der Waals surface area contributed by atoms with Crippen molar-refractivity contribution < 1.29 is 0 Å². The molecule has 0 saturated heterocycles. The summed E-state index contributed by atoms with van der Waals surface area (Å²) < 4.78 is 3.93. The van der Waals surface area contributed by atoms with E-state index in [1.807, 2.05) is 0 Å². The largest absolute Gasteiger partial charge is 0.143 e. The topological polar surface area (TPSA) is 0 Å². The zero-order valence-electron chi connectivity index (χ0n) is 6.48. The van der Waals surface area contributed by atoms with Crippen LogP contribution in [0.1, 0.15) is 5.56 Å². The monoisotopic (exact) mass is 434 g/mol. The third kappa shape index (κ3) is 1.98. The summed E-state index contributed by atoms with van der Waals surface area (Å²) in [5.41, 5.74) is 1.25. The minimum absolute atomic E-state index is 0.608. The van der Waals surface area contributed by atoms with Gasteiger partial charge in [-0.15, -0.1) is 22.9 Å². The lowest BCUT2D eigenvalue weighted by Gasteiger charge is -1.98. The number of thiophene rings is 1. The van der Waals surface area contributed by atoms with Crippen molar-refractivity contribution in [1.82, 2.24) is 0 Å². The predicted octanol–water partition coefficient (Wildman–Crippen LogP) is 4.85. The summed E-state index contributed by atoms with van der Waals surface area (Å²) in [6.07, 6.45) is 0. The Morgan fingerprint density at radius 3 is 2.77 bits per heavy atom. The van der Waals surface area contributed by atoms with E-state index in [1.165, 1.54) is 22.8 Å². The number of hydrogen-bond acceptors (Lipinski definition) is 1. The molecular formula is C9H5ClI2S. The van der Waals surface area contributed by atoms with Crippen molar-refractivity contribution in [2.45, 2.75) is 5.88 Å². The molecule has 2 rings (SSSR count). The summed E-state index contributed by atoms with van der Waals surface area (Å²) in [7, 11) is 0. The molecule has 0 radical (unpaired) electrons. The molecule has 1 aromatic heterocycles. The van der Waals surface area contributed by atoms with Gasteiger partial charge in [0, 0.05) is 23.1 Å². The van der Waals surface area contributed by atoms with Gasteiger partial charge in [0.2, 0.25) is 0 Å².